The van der Waals surface area contributed by atoms with E-state index in [1.54, 1.807) is 0 Å². The predicted octanol–water partition coefficient (Wildman–Crippen LogP) is 1.97. The van der Waals surface area contributed by atoms with Crippen LogP contribution in [-0.4, -0.2) is 19.9 Å². The topological polar surface area (TPSA) is 56.5 Å². The van der Waals surface area contributed by atoms with E-state index in [4.69, 9.17) is 15.2 Å². The van der Waals surface area contributed by atoms with Crippen LogP contribution in [0, 0.1) is 0 Å². The zero-order valence-electron chi connectivity index (χ0n) is 10.7. The number of allylic oxidation sites excluding steroid dienone is 1. The average Bonchev–Trinajstić information content (AvgIpc) is 2.86. The lowest BCUT2D eigenvalue weighted by Gasteiger charge is -2.17. The Balaban J connectivity index is 1.98. The van der Waals surface area contributed by atoms with Crippen LogP contribution in [0.5, 0.6) is 11.5 Å². The lowest BCUT2D eigenvalue weighted by atomic mass is 10.1. The molecule has 0 saturated heterocycles. The van der Waals surface area contributed by atoms with Crippen molar-refractivity contribution in [2.24, 2.45) is 5.73 Å². The standard InChI is InChI=1S/C14H20N2O2/c1-2-3-4-7-16-12(9-15)11-5-6-13-14(8-11)18-10-17-13/h2-3,5-6,8,12,16H,4,7,9-10,15H2,1H3/b3-2+. The molecule has 0 amide bonds. The van der Waals surface area contributed by atoms with Crippen LogP contribution in [0.1, 0.15) is 24.9 Å². The first-order chi connectivity index (χ1) is 8.85. The third-order valence-electron chi connectivity index (χ3n) is 2.97. The highest BCUT2D eigenvalue weighted by Crippen LogP contribution is 2.33. The molecule has 4 nitrogen and oxygen atoms in total. The number of benzene rings is 1. The van der Waals surface area contributed by atoms with Crippen molar-refractivity contribution < 1.29 is 9.47 Å². The maximum atomic E-state index is 5.81. The minimum Gasteiger partial charge on any atom is -0.454 e. The summed E-state index contributed by atoms with van der Waals surface area (Å²) in [4.78, 5) is 0. The highest BCUT2D eigenvalue weighted by Gasteiger charge is 2.16. The van der Waals surface area contributed by atoms with Crippen molar-refractivity contribution in [1.82, 2.24) is 5.32 Å². The predicted molar refractivity (Wildman–Crippen MR) is 71.8 cm³/mol. The maximum absolute atomic E-state index is 5.81. The summed E-state index contributed by atoms with van der Waals surface area (Å²) in [6.07, 6.45) is 5.21. The van der Waals surface area contributed by atoms with Gasteiger partial charge in [0.05, 0.1) is 0 Å². The molecule has 98 valence electrons. The highest BCUT2D eigenvalue weighted by molar-refractivity contribution is 5.45. The SMILES string of the molecule is C/C=C/CCNC(CN)c1ccc2c(c1)OCO2. The van der Waals surface area contributed by atoms with Crippen LogP contribution in [0.4, 0.5) is 0 Å². The van der Waals surface area contributed by atoms with Gasteiger partial charge in [0.2, 0.25) is 6.79 Å². The van der Waals surface area contributed by atoms with E-state index in [-0.39, 0.29) is 6.04 Å². The van der Waals surface area contributed by atoms with Gasteiger partial charge in [-0.2, -0.15) is 0 Å². The first-order valence-electron chi connectivity index (χ1n) is 6.29. The van der Waals surface area contributed by atoms with E-state index in [2.05, 4.69) is 17.5 Å². The molecule has 0 aliphatic carbocycles. The van der Waals surface area contributed by atoms with Gasteiger partial charge in [-0.05, 0) is 37.6 Å². The van der Waals surface area contributed by atoms with Crippen LogP contribution in [0.3, 0.4) is 0 Å². The average molecular weight is 248 g/mol. The number of hydrogen-bond donors (Lipinski definition) is 2. The Morgan fingerprint density at radius 3 is 3.00 bits per heavy atom. The molecular weight excluding hydrogens is 228 g/mol. The van der Waals surface area contributed by atoms with Crippen LogP contribution in [0.2, 0.25) is 0 Å². The van der Waals surface area contributed by atoms with Crippen molar-refractivity contribution >= 4 is 0 Å². The summed E-state index contributed by atoms with van der Waals surface area (Å²) < 4.78 is 10.7. The minimum absolute atomic E-state index is 0.157. The molecule has 1 aliphatic rings. The summed E-state index contributed by atoms with van der Waals surface area (Å²) in [5, 5.41) is 3.44. The van der Waals surface area contributed by atoms with Gasteiger partial charge < -0.3 is 20.5 Å². The Labute approximate surface area is 108 Å². The molecule has 1 atom stereocenters. The monoisotopic (exact) mass is 248 g/mol. The molecule has 2 rings (SSSR count). The summed E-state index contributed by atoms with van der Waals surface area (Å²) in [7, 11) is 0. The molecular formula is C14H20N2O2. The van der Waals surface area contributed by atoms with Gasteiger partial charge in [0.15, 0.2) is 11.5 Å². The Morgan fingerprint density at radius 2 is 2.22 bits per heavy atom. The Bertz CT molecular complexity index is 418. The molecule has 0 bridgehead atoms. The van der Waals surface area contributed by atoms with Crippen LogP contribution in [0.15, 0.2) is 30.4 Å². The van der Waals surface area contributed by atoms with E-state index < -0.39 is 0 Å². The van der Waals surface area contributed by atoms with Crippen LogP contribution in [0.25, 0.3) is 0 Å². The summed E-state index contributed by atoms with van der Waals surface area (Å²) in [5.74, 6) is 1.62. The van der Waals surface area contributed by atoms with E-state index in [1.165, 1.54) is 0 Å². The van der Waals surface area contributed by atoms with Gasteiger partial charge in [-0.15, -0.1) is 0 Å². The van der Waals surface area contributed by atoms with Gasteiger partial charge in [0.25, 0.3) is 0 Å². The van der Waals surface area contributed by atoms with Crippen LogP contribution in [-0.2, 0) is 0 Å². The number of ether oxygens (including phenoxy) is 2. The largest absolute Gasteiger partial charge is 0.454 e. The van der Waals surface area contributed by atoms with Crippen molar-refractivity contribution in [1.29, 1.82) is 0 Å². The Kier molecular flexibility index (Phi) is 4.61. The zero-order valence-corrected chi connectivity index (χ0v) is 10.7. The highest BCUT2D eigenvalue weighted by atomic mass is 16.7. The molecule has 1 heterocycles. The molecule has 3 N–H and O–H groups in total. The number of nitrogens with one attached hydrogen (secondary N) is 1. The van der Waals surface area contributed by atoms with E-state index in [9.17, 15) is 0 Å². The maximum Gasteiger partial charge on any atom is 0.231 e. The number of nitrogens with two attached hydrogens (primary N) is 1. The third-order valence-corrected chi connectivity index (χ3v) is 2.97. The molecule has 0 spiro atoms. The fourth-order valence-electron chi connectivity index (χ4n) is 1.97. The molecule has 1 aromatic carbocycles. The minimum atomic E-state index is 0.157. The lowest BCUT2D eigenvalue weighted by molar-refractivity contribution is 0.174. The van der Waals surface area contributed by atoms with E-state index in [0.29, 0.717) is 13.3 Å². The Morgan fingerprint density at radius 1 is 1.39 bits per heavy atom. The molecule has 0 fully saturated rings. The van der Waals surface area contributed by atoms with Crippen LogP contribution >= 0.6 is 0 Å². The molecule has 1 aromatic rings. The molecule has 0 aromatic heterocycles. The third kappa shape index (κ3) is 3.03. The smallest absolute Gasteiger partial charge is 0.231 e. The van der Waals surface area contributed by atoms with Crippen molar-refractivity contribution in [2.45, 2.75) is 19.4 Å². The molecule has 4 heteroatoms. The fraction of sp³-hybridized carbons (Fsp3) is 0.429. The number of hydrogen-bond acceptors (Lipinski definition) is 4. The van der Waals surface area contributed by atoms with E-state index in [0.717, 1.165) is 30.0 Å². The first-order valence-corrected chi connectivity index (χ1v) is 6.29. The van der Waals surface area contributed by atoms with Gasteiger partial charge >= 0.3 is 0 Å². The van der Waals surface area contributed by atoms with E-state index in [1.807, 2.05) is 25.1 Å². The second-order valence-electron chi connectivity index (χ2n) is 4.21. The van der Waals surface area contributed by atoms with Gasteiger partial charge in [0.1, 0.15) is 0 Å². The Hall–Kier alpha value is -1.52. The second-order valence-corrected chi connectivity index (χ2v) is 4.21. The first kappa shape index (κ1) is 12.9. The van der Waals surface area contributed by atoms with Crippen molar-refractivity contribution in [3.05, 3.63) is 35.9 Å². The van der Waals surface area contributed by atoms with Gasteiger partial charge in [0, 0.05) is 12.6 Å². The summed E-state index contributed by atoms with van der Waals surface area (Å²) in [6, 6.07) is 6.13. The lowest BCUT2D eigenvalue weighted by Crippen LogP contribution is -2.28. The quantitative estimate of drug-likeness (QED) is 0.597. The molecule has 1 unspecified atom stereocenters. The van der Waals surface area contributed by atoms with Gasteiger partial charge in [-0.3, -0.25) is 0 Å². The van der Waals surface area contributed by atoms with Crippen molar-refractivity contribution in [3.63, 3.8) is 0 Å². The number of fused-ring (bicyclic) bond motifs is 1. The van der Waals surface area contributed by atoms with Crippen molar-refractivity contribution in [3.8, 4) is 11.5 Å². The zero-order chi connectivity index (χ0) is 12.8. The molecule has 0 saturated carbocycles. The molecule has 0 radical (unpaired) electrons. The fourth-order valence-corrected chi connectivity index (χ4v) is 1.97. The van der Waals surface area contributed by atoms with Crippen LogP contribution < -0.4 is 20.5 Å². The van der Waals surface area contributed by atoms with Gasteiger partial charge in [-0.25, -0.2) is 0 Å². The van der Waals surface area contributed by atoms with Crippen molar-refractivity contribution in [2.75, 3.05) is 19.9 Å². The summed E-state index contributed by atoms with van der Waals surface area (Å²) in [5.41, 5.74) is 6.95. The normalized spacial score (nSPS) is 15.2. The van der Waals surface area contributed by atoms with Gasteiger partial charge in [-0.1, -0.05) is 18.2 Å². The molecule has 18 heavy (non-hydrogen) atoms. The molecule has 1 aliphatic heterocycles. The summed E-state index contributed by atoms with van der Waals surface area (Å²) in [6.45, 7) is 3.81. The number of rotatable bonds is 6. The van der Waals surface area contributed by atoms with E-state index >= 15 is 0 Å². The summed E-state index contributed by atoms with van der Waals surface area (Å²) >= 11 is 0. The second kappa shape index (κ2) is 6.42.